The standard InChI is InChI=1S/C13H20O8/c1-7(14)18-6-11-13(20-9(3)16)10(19-8(2)15)5-12(17-4)21-11/h10-13H,5-6H2,1-4H3/t10-,11-,12+,13-/m1/s1. The van der Waals surface area contributed by atoms with Crippen molar-refractivity contribution in [2.75, 3.05) is 13.7 Å². The van der Waals surface area contributed by atoms with Gasteiger partial charge >= 0.3 is 17.9 Å². The summed E-state index contributed by atoms with van der Waals surface area (Å²) < 4.78 is 25.8. The highest BCUT2D eigenvalue weighted by molar-refractivity contribution is 5.67. The van der Waals surface area contributed by atoms with Gasteiger partial charge in [-0.3, -0.25) is 14.4 Å². The fourth-order valence-corrected chi connectivity index (χ4v) is 2.05. The average Bonchev–Trinajstić information content (AvgIpc) is 2.37. The molecule has 0 aromatic carbocycles. The van der Waals surface area contributed by atoms with Crippen molar-refractivity contribution >= 4 is 17.9 Å². The van der Waals surface area contributed by atoms with Gasteiger partial charge in [-0.15, -0.1) is 0 Å². The van der Waals surface area contributed by atoms with Crippen LogP contribution in [0.15, 0.2) is 0 Å². The van der Waals surface area contributed by atoms with Crippen molar-refractivity contribution in [3.63, 3.8) is 0 Å². The summed E-state index contributed by atoms with van der Waals surface area (Å²) in [7, 11) is 1.44. The van der Waals surface area contributed by atoms with Crippen LogP contribution in [0.25, 0.3) is 0 Å². The zero-order chi connectivity index (χ0) is 16.0. The molecule has 0 bridgehead atoms. The molecule has 4 atom stereocenters. The van der Waals surface area contributed by atoms with Gasteiger partial charge < -0.3 is 23.7 Å². The molecule has 1 fully saturated rings. The number of rotatable bonds is 5. The minimum Gasteiger partial charge on any atom is -0.463 e. The third kappa shape index (κ3) is 5.68. The zero-order valence-electron chi connectivity index (χ0n) is 12.5. The SMILES string of the molecule is CO[C@@H]1C[C@@H](OC(C)=O)[C@@H](OC(C)=O)[C@@H](COC(C)=O)O1. The van der Waals surface area contributed by atoms with Gasteiger partial charge in [0.25, 0.3) is 0 Å². The first-order valence-corrected chi connectivity index (χ1v) is 6.49. The Morgan fingerprint density at radius 2 is 1.67 bits per heavy atom. The molecule has 0 aromatic rings. The van der Waals surface area contributed by atoms with E-state index < -0.39 is 42.5 Å². The number of esters is 3. The minimum atomic E-state index is -0.864. The molecule has 0 N–H and O–H groups in total. The molecular weight excluding hydrogens is 284 g/mol. The lowest BCUT2D eigenvalue weighted by molar-refractivity contribution is -0.259. The lowest BCUT2D eigenvalue weighted by Gasteiger charge is -2.39. The van der Waals surface area contributed by atoms with Gasteiger partial charge in [-0.25, -0.2) is 0 Å². The van der Waals surface area contributed by atoms with Crippen molar-refractivity contribution < 1.29 is 38.1 Å². The molecule has 0 unspecified atom stereocenters. The van der Waals surface area contributed by atoms with Gasteiger partial charge in [-0.2, -0.15) is 0 Å². The highest BCUT2D eigenvalue weighted by atomic mass is 16.7. The number of hydrogen-bond donors (Lipinski definition) is 0. The van der Waals surface area contributed by atoms with Crippen LogP contribution in [0.5, 0.6) is 0 Å². The van der Waals surface area contributed by atoms with Crippen molar-refractivity contribution in [2.45, 2.75) is 51.8 Å². The molecule has 0 amide bonds. The fraction of sp³-hybridized carbons (Fsp3) is 0.769. The predicted octanol–water partition coefficient (Wildman–Crippen LogP) is 0.174. The maximum atomic E-state index is 11.2. The molecule has 1 heterocycles. The van der Waals surface area contributed by atoms with E-state index in [1.807, 2.05) is 0 Å². The van der Waals surface area contributed by atoms with E-state index >= 15 is 0 Å². The Hall–Kier alpha value is -1.67. The molecule has 0 aliphatic carbocycles. The highest BCUT2D eigenvalue weighted by Gasteiger charge is 2.43. The molecule has 0 saturated carbocycles. The van der Waals surface area contributed by atoms with Crippen LogP contribution in [0.2, 0.25) is 0 Å². The van der Waals surface area contributed by atoms with Crippen molar-refractivity contribution in [3.8, 4) is 0 Å². The van der Waals surface area contributed by atoms with Crippen LogP contribution in [0.4, 0.5) is 0 Å². The number of methoxy groups -OCH3 is 1. The van der Waals surface area contributed by atoms with E-state index in [1.54, 1.807) is 0 Å². The summed E-state index contributed by atoms with van der Waals surface area (Å²) in [5.74, 6) is -1.56. The second kappa shape index (κ2) is 7.94. The van der Waals surface area contributed by atoms with Crippen LogP contribution >= 0.6 is 0 Å². The molecule has 8 heteroatoms. The average molecular weight is 304 g/mol. The molecule has 0 spiro atoms. The van der Waals surface area contributed by atoms with Gasteiger partial charge in [-0.1, -0.05) is 0 Å². The maximum absolute atomic E-state index is 11.2. The van der Waals surface area contributed by atoms with E-state index in [0.717, 1.165) is 0 Å². The summed E-state index contributed by atoms with van der Waals surface area (Å²) in [6.45, 7) is 3.60. The quantitative estimate of drug-likeness (QED) is 0.524. The summed E-state index contributed by atoms with van der Waals surface area (Å²) >= 11 is 0. The first kappa shape index (κ1) is 17.4. The largest absolute Gasteiger partial charge is 0.463 e. The summed E-state index contributed by atoms with van der Waals surface area (Å²) in [6, 6.07) is 0. The Balaban J connectivity index is 2.87. The lowest BCUT2D eigenvalue weighted by Crippen LogP contribution is -2.54. The molecule has 1 saturated heterocycles. The summed E-state index contributed by atoms with van der Waals surface area (Å²) in [5.41, 5.74) is 0. The van der Waals surface area contributed by atoms with Crippen molar-refractivity contribution in [2.24, 2.45) is 0 Å². The highest BCUT2D eigenvalue weighted by Crippen LogP contribution is 2.26. The topological polar surface area (TPSA) is 97.4 Å². The normalized spacial score (nSPS) is 28.6. The summed E-state index contributed by atoms with van der Waals surface area (Å²) in [4.78, 5) is 33.3. The Morgan fingerprint density at radius 3 is 2.14 bits per heavy atom. The van der Waals surface area contributed by atoms with Gasteiger partial charge in [0, 0.05) is 34.3 Å². The van der Waals surface area contributed by atoms with Crippen molar-refractivity contribution in [3.05, 3.63) is 0 Å². The van der Waals surface area contributed by atoms with E-state index in [0.29, 0.717) is 0 Å². The van der Waals surface area contributed by atoms with Crippen LogP contribution in [-0.4, -0.2) is 56.2 Å². The van der Waals surface area contributed by atoms with Gasteiger partial charge in [0.2, 0.25) is 0 Å². The van der Waals surface area contributed by atoms with Crippen LogP contribution < -0.4 is 0 Å². The van der Waals surface area contributed by atoms with E-state index in [9.17, 15) is 14.4 Å². The summed E-state index contributed by atoms with van der Waals surface area (Å²) in [5, 5.41) is 0. The Morgan fingerprint density at radius 1 is 1.05 bits per heavy atom. The number of carbonyl (C=O) groups is 3. The van der Waals surface area contributed by atoms with Gasteiger partial charge in [0.15, 0.2) is 12.4 Å². The molecule has 0 aromatic heterocycles. The van der Waals surface area contributed by atoms with Crippen LogP contribution in [-0.2, 0) is 38.1 Å². The van der Waals surface area contributed by atoms with Crippen molar-refractivity contribution in [1.82, 2.24) is 0 Å². The molecule has 21 heavy (non-hydrogen) atoms. The van der Waals surface area contributed by atoms with E-state index in [-0.39, 0.29) is 13.0 Å². The van der Waals surface area contributed by atoms with Gasteiger partial charge in [0.05, 0.1) is 0 Å². The molecule has 8 nitrogen and oxygen atoms in total. The molecular formula is C13H20O8. The molecule has 120 valence electrons. The Bertz CT molecular complexity index is 394. The fourth-order valence-electron chi connectivity index (χ4n) is 2.05. The number of hydrogen-bond acceptors (Lipinski definition) is 8. The van der Waals surface area contributed by atoms with Crippen LogP contribution in [0.1, 0.15) is 27.2 Å². The van der Waals surface area contributed by atoms with Gasteiger partial charge in [-0.05, 0) is 0 Å². The second-order valence-corrected chi connectivity index (χ2v) is 4.60. The third-order valence-electron chi connectivity index (χ3n) is 2.82. The summed E-state index contributed by atoms with van der Waals surface area (Å²) in [6.07, 6.45) is -2.81. The monoisotopic (exact) mass is 304 g/mol. The third-order valence-corrected chi connectivity index (χ3v) is 2.82. The zero-order valence-corrected chi connectivity index (χ0v) is 12.5. The van der Waals surface area contributed by atoms with Gasteiger partial charge in [0.1, 0.15) is 18.8 Å². The smallest absolute Gasteiger partial charge is 0.303 e. The molecule has 1 rings (SSSR count). The lowest BCUT2D eigenvalue weighted by atomic mass is 10.0. The first-order valence-electron chi connectivity index (χ1n) is 6.49. The van der Waals surface area contributed by atoms with E-state index in [1.165, 1.54) is 27.9 Å². The van der Waals surface area contributed by atoms with E-state index in [4.69, 9.17) is 23.7 Å². The number of ether oxygens (including phenoxy) is 5. The number of carbonyl (C=O) groups excluding carboxylic acids is 3. The molecule has 1 aliphatic heterocycles. The Labute approximate surface area is 122 Å². The first-order chi connectivity index (χ1) is 9.83. The predicted molar refractivity (Wildman–Crippen MR) is 68.0 cm³/mol. The van der Waals surface area contributed by atoms with Crippen LogP contribution in [0.3, 0.4) is 0 Å². The minimum absolute atomic E-state index is 0.134. The van der Waals surface area contributed by atoms with E-state index in [2.05, 4.69) is 0 Å². The maximum Gasteiger partial charge on any atom is 0.303 e. The van der Waals surface area contributed by atoms with Crippen LogP contribution in [0, 0.1) is 0 Å². The molecule has 0 radical (unpaired) electrons. The molecule has 1 aliphatic rings. The van der Waals surface area contributed by atoms with Crippen molar-refractivity contribution in [1.29, 1.82) is 0 Å². The second-order valence-electron chi connectivity index (χ2n) is 4.60. The Kier molecular flexibility index (Phi) is 6.57.